The van der Waals surface area contributed by atoms with Gasteiger partial charge in [0.2, 0.25) is 0 Å². The van der Waals surface area contributed by atoms with Crippen molar-refractivity contribution in [2.45, 2.75) is 27.2 Å². The van der Waals surface area contributed by atoms with Crippen molar-refractivity contribution in [3.8, 4) is 0 Å². The first-order valence-corrected chi connectivity index (χ1v) is 5.74. The summed E-state index contributed by atoms with van der Waals surface area (Å²) in [7, 11) is 4.10. The van der Waals surface area contributed by atoms with Gasteiger partial charge in [0, 0.05) is 12.3 Å². The normalized spacial score (nSPS) is 12.9. The zero-order chi connectivity index (χ0) is 11.7. The van der Waals surface area contributed by atoms with Crippen molar-refractivity contribution in [3.05, 3.63) is 0 Å². The van der Waals surface area contributed by atoms with Gasteiger partial charge in [-0.15, -0.1) is 0 Å². The molecular formula is C12H26N2O. The molecule has 0 aliphatic rings. The summed E-state index contributed by atoms with van der Waals surface area (Å²) in [5.74, 6) is 0.698. The van der Waals surface area contributed by atoms with Crippen molar-refractivity contribution in [1.29, 1.82) is 0 Å². The van der Waals surface area contributed by atoms with Gasteiger partial charge >= 0.3 is 0 Å². The van der Waals surface area contributed by atoms with Crippen molar-refractivity contribution < 1.29 is 4.74 Å². The molecule has 3 nitrogen and oxygen atoms in total. The quantitative estimate of drug-likeness (QED) is 0.456. The summed E-state index contributed by atoms with van der Waals surface area (Å²) in [4.78, 5) is 6.58. The number of likely N-dealkylation sites (N-methyl/N-ethyl adjacent to an activating group) is 1. The number of hydrogen-bond acceptors (Lipinski definition) is 3. The van der Waals surface area contributed by atoms with Crippen LogP contribution in [0.25, 0.3) is 0 Å². The summed E-state index contributed by atoms with van der Waals surface area (Å²) < 4.78 is 5.45. The lowest BCUT2D eigenvalue weighted by molar-refractivity contribution is 0.124. The number of rotatable bonds is 8. The minimum Gasteiger partial charge on any atom is -0.378 e. The molecule has 0 aromatic rings. The van der Waals surface area contributed by atoms with E-state index < -0.39 is 0 Å². The molecule has 0 aliphatic carbocycles. The van der Waals surface area contributed by atoms with E-state index in [2.05, 4.69) is 30.7 Å². The Bertz CT molecular complexity index is 176. The molecule has 0 unspecified atom stereocenters. The molecule has 0 N–H and O–H groups in total. The van der Waals surface area contributed by atoms with Gasteiger partial charge in [-0.25, -0.2) is 0 Å². The lowest BCUT2D eigenvalue weighted by Gasteiger charge is -2.09. The Kier molecular flexibility index (Phi) is 8.62. The Morgan fingerprint density at radius 1 is 1.27 bits per heavy atom. The molecular weight excluding hydrogens is 188 g/mol. The van der Waals surface area contributed by atoms with E-state index in [1.807, 2.05) is 14.1 Å². The lowest BCUT2D eigenvalue weighted by Crippen LogP contribution is -2.18. The van der Waals surface area contributed by atoms with E-state index >= 15 is 0 Å². The maximum absolute atomic E-state index is 5.45. The van der Waals surface area contributed by atoms with E-state index in [0.29, 0.717) is 5.92 Å². The Morgan fingerprint density at radius 2 is 1.93 bits per heavy atom. The highest BCUT2D eigenvalue weighted by Gasteiger charge is 1.96. The number of ether oxygens (including phenoxy) is 1. The van der Waals surface area contributed by atoms with E-state index in [4.69, 9.17) is 4.74 Å². The van der Waals surface area contributed by atoms with Crippen LogP contribution < -0.4 is 0 Å². The van der Waals surface area contributed by atoms with Crippen molar-refractivity contribution in [3.63, 3.8) is 0 Å². The maximum Gasteiger partial charge on any atom is 0.0662 e. The molecule has 90 valence electrons. The third-order valence-corrected chi connectivity index (χ3v) is 2.00. The molecule has 0 atom stereocenters. The first kappa shape index (κ1) is 14.6. The fourth-order valence-corrected chi connectivity index (χ4v) is 1.31. The molecule has 0 aliphatic heterocycles. The van der Waals surface area contributed by atoms with Crippen LogP contribution in [0.4, 0.5) is 0 Å². The van der Waals surface area contributed by atoms with Crippen molar-refractivity contribution in [1.82, 2.24) is 4.90 Å². The third kappa shape index (κ3) is 11.5. The van der Waals surface area contributed by atoms with Crippen LogP contribution in [0.2, 0.25) is 0 Å². The van der Waals surface area contributed by atoms with Gasteiger partial charge in [-0.05, 0) is 33.4 Å². The van der Waals surface area contributed by atoms with Gasteiger partial charge in [0.1, 0.15) is 0 Å². The monoisotopic (exact) mass is 214 g/mol. The largest absolute Gasteiger partial charge is 0.378 e. The predicted molar refractivity (Wildman–Crippen MR) is 66.8 cm³/mol. The van der Waals surface area contributed by atoms with Gasteiger partial charge in [0.05, 0.1) is 19.8 Å². The van der Waals surface area contributed by atoms with Crippen molar-refractivity contribution in [2.75, 3.05) is 40.4 Å². The highest BCUT2D eigenvalue weighted by Crippen LogP contribution is 2.00. The highest BCUT2D eigenvalue weighted by atomic mass is 16.5. The Labute approximate surface area is 94.5 Å². The van der Waals surface area contributed by atoms with Crippen LogP contribution in [0.1, 0.15) is 27.2 Å². The molecule has 15 heavy (non-hydrogen) atoms. The number of nitrogens with zero attached hydrogens (tertiary/aromatic N) is 2. The molecule has 0 rings (SSSR count). The van der Waals surface area contributed by atoms with Gasteiger partial charge in [0.15, 0.2) is 0 Å². The second kappa shape index (κ2) is 8.86. The van der Waals surface area contributed by atoms with Crippen LogP contribution in [-0.2, 0) is 4.74 Å². The number of hydrogen-bond donors (Lipinski definition) is 0. The Balaban J connectivity index is 3.36. The fourth-order valence-electron chi connectivity index (χ4n) is 1.31. The first-order chi connectivity index (χ1) is 7.02. The first-order valence-electron chi connectivity index (χ1n) is 5.74. The molecule has 0 saturated heterocycles. The van der Waals surface area contributed by atoms with Crippen LogP contribution in [0.5, 0.6) is 0 Å². The van der Waals surface area contributed by atoms with Crippen LogP contribution in [0.3, 0.4) is 0 Å². The van der Waals surface area contributed by atoms with E-state index in [1.54, 1.807) is 0 Å². The average molecular weight is 214 g/mol. The number of aliphatic imine (C=N–C) groups is 1. The fraction of sp³-hybridized carbons (Fsp3) is 0.917. The molecule has 0 amide bonds. The SMILES string of the molecule is C/C(CC(C)C)=N\CCOCCN(C)C. The van der Waals surface area contributed by atoms with Crippen molar-refractivity contribution in [2.24, 2.45) is 10.9 Å². The molecule has 3 heteroatoms. The van der Waals surface area contributed by atoms with Gasteiger partial charge in [0.25, 0.3) is 0 Å². The summed E-state index contributed by atoms with van der Waals surface area (Å²) in [6.07, 6.45) is 1.09. The van der Waals surface area contributed by atoms with Crippen LogP contribution in [0, 0.1) is 5.92 Å². The molecule has 0 bridgehead atoms. The van der Waals surface area contributed by atoms with Gasteiger partial charge in [-0.3, -0.25) is 4.99 Å². The van der Waals surface area contributed by atoms with Crippen molar-refractivity contribution >= 4 is 5.71 Å². The minimum atomic E-state index is 0.698. The zero-order valence-corrected chi connectivity index (χ0v) is 10.9. The van der Waals surface area contributed by atoms with Crippen LogP contribution >= 0.6 is 0 Å². The lowest BCUT2D eigenvalue weighted by atomic mass is 10.1. The minimum absolute atomic E-state index is 0.698. The summed E-state index contributed by atoms with van der Waals surface area (Å²) in [5, 5.41) is 0. The average Bonchev–Trinajstić information content (AvgIpc) is 2.09. The second-order valence-electron chi connectivity index (χ2n) is 4.63. The zero-order valence-electron chi connectivity index (χ0n) is 10.9. The Hall–Kier alpha value is -0.410. The third-order valence-electron chi connectivity index (χ3n) is 2.00. The summed E-state index contributed by atoms with van der Waals surface area (Å²) in [5.41, 5.74) is 1.24. The molecule has 0 aromatic carbocycles. The maximum atomic E-state index is 5.45. The smallest absolute Gasteiger partial charge is 0.0662 e. The van der Waals surface area contributed by atoms with Crippen LogP contribution in [0.15, 0.2) is 4.99 Å². The summed E-state index contributed by atoms with van der Waals surface area (Å²) in [6.45, 7) is 9.84. The standard InChI is InChI=1S/C12H26N2O/c1-11(2)10-12(3)13-6-8-15-9-7-14(4)5/h11H,6-10H2,1-5H3/b13-12+. The molecule has 0 spiro atoms. The summed E-state index contributed by atoms with van der Waals surface area (Å²) in [6, 6.07) is 0. The molecule has 0 fully saturated rings. The van der Waals surface area contributed by atoms with E-state index in [1.165, 1.54) is 5.71 Å². The van der Waals surface area contributed by atoms with E-state index in [9.17, 15) is 0 Å². The van der Waals surface area contributed by atoms with E-state index in [0.717, 1.165) is 32.7 Å². The summed E-state index contributed by atoms with van der Waals surface area (Å²) >= 11 is 0. The molecule has 0 radical (unpaired) electrons. The molecule has 0 aromatic heterocycles. The highest BCUT2D eigenvalue weighted by molar-refractivity contribution is 5.82. The van der Waals surface area contributed by atoms with Gasteiger partial charge in [-0.2, -0.15) is 0 Å². The topological polar surface area (TPSA) is 24.8 Å². The van der Waals surface area contributed by atoms with Crippen LogP contribution in [-0.4, -0.2) is 51.0 Å². The predicted octanol–water partition coefficient (Wildman–Crippen LogP) is 2.07. The van der Waals surface area contributed by atoms with Gasteiger partial charge < -0.3 is 9.64 Å². The second-order valence-corrected chi connectivity index (χ2v) is 4.63. The Morgan fingerprint density at radius 3 is 2.47 bits per heavy atom. The van der Waals surface area contributed by atoms with E-state index in [-0.39, 0.29) is 0 Å². The molecule has 0 heterocycles. The van der Waals surface area contributed by atoms with Gasteiger partial charge in [-0.1, -0.05) is 13.8 Å². The molecule has 0 saturated carbocycles.